The van der Waals surface area contributed by atoms with Crippen LogP contribution in [0.15, 0.2) is 78.0 Å². The number of aliphatic imine (C=N–C) groups is 1. The van der Waals surface area contributed by atoms with Gasteiger partial charge in [-0.15, -0.1) is 0 Å². The molecule has 1 fully saturated rings. The number of nitrogens with one attached hydrogen (secondary N) is 2. The summed E-state index contributed by atoms with van der Waals surface area (Å²) in [6.07, 6.45) is 5.42. The summed E-state index contributed by atoms with van der Waals surface area (Å²) < 4.78 is 21.3. The lowest BCUT2D eigenvalue weighted by Crippen LogP contribution is -2.28. The van der Waals surface area contributed by atoms with Gasteiger partial charge in [0.25, 0.3) is 0 Å². The van der Waals surface area contributed by atoms with E-state index < -0.39 is 0 Å². The molecule has 5 aromatic rings. The number of rotatable bonds is 6. The quantitative estimate of drug-likeness (QED) is 0.237. The van der Waals surface area contributed by atoms with Crippen molar-refractivity contribution in [1.82, 2.24) is 24.8 Å². The second-order valence-corrected chi connectivity index (χ2v) is 11.8. The van der Waals surface area contributed by atoms with Gasteiger partial charge in [-0.2, -0.15) is 0 Å². The van der Waals surface area contributed by atoms with Crippen molar-refractivity contribution in [1.29, 1.82) is 0 Å². The number of aromatic nitrogens is 3. The van der Waals surface area contributed by atoms with Crippen LogP contribution in [0, 0.1) is 12.7 Å². The molecule has 1 saturated heterocycles. The first kappa shape index (κ1) is 29.6. The van der Waals surface area contributed by atoms with Crippen LogP contribution in [0.5, 0.6) is 0 Å². The third kappa shape index (κ3) is 6.25. The van der Waals surface area contributed by atoms with E-state index in [0.717, 1.165) is 42.2 Å². The molecular formula is C34H34ClFN6O2. The van der Waals surface area contributed by atoms with Crippen LogP contribution < -0.4 is 5.32 Å². The molecule has 2 aliphatic heterocycles. The second kappa shape index (κ2) is 12.6. The van der Waals surface area contributed by atoms with Crippen LogP contribution in [0.2, 0.25) is 5.02 Å². The average Bonchev–Trinajstić information content (AvgIpc) is 3.68. The van der Waals surface area contributed by atoms with E-state index in [-0.39, 0.29) is 18.0 Å². The van der Waals surface area contributed by atoms with Gasteiger partial charge in [0.05, 0.1) is 35.9 Å². The van der Waals surface area contributed by atoms with Crippen LogP contribution in [0.4, 0.5) is 9.18 Å². The lowest BCUT2D eigenvalue weighted by molar-refractivity contribution is 0.177. The van der Waals surface area contributed by atoms with E-state index in [1.807, 2.05) is 42.0 Å². The van der Waals surface area contributed by atoms with E-state index in [2.05, 4.69) is 63.7 Å². The predicted octanol–water partition coefficient (Wildman–Crippen LogP) is 6.25. The zero-order valence-corrected chi connectivity index (χ0v) is 25.7. The highest BCUT2D eigenvalue weighted by atomic mass is 35.5. The van der Waals surface area contributed by atoms with Crippen molar-refractivity contribution < 1.29 is 13.9 Å². The number of carbonyl (C=O) groups excluding carboxylic acids is 1. The van der Waals surface area contributed by atoms with E-state index in [0.29, 0.717) is 29.4 Å². The Morgan fingerprint density at radius 1 is 1.11 bits per heavy atom. The van der Waals surface area contributed by atoms with Gasteiger partial charge < -0.3 is 19.9 Å². The van der Waals surface area contributed by atoms with Crippen molar-refractivity contribution in [2.45, 2.75) is 32.4 Å². The molecule has 3 aromatic carbocycles. The summed E-state index contributed by atoms with van der Waals surface area (Å²) in [5, 5.41) is 4.69. The number of fused-ring (bicyclic) bond motifs is 4. The maximum Gasteiger partial charge on any atom is 0.407 e. The van der Waals surface area contributed by atoms with Crippen LogP contribution in [0.1, 0.15) is 33.8 Å². The van der Waals surface area contributed by atoms with Gasteiger partial charge in [-0.05, 0) is 87.5 Å². The zero-order valence-electron chi connectivity index (χ0n) is 24.9. The molecular weight excluding hydrogens is 579 g/mol. The fraction of sp³-hybridized carbons (Fsp3) is 0.265. The summed E-state index contributed by atoms with van der Waals surface area (Å²) in [4.78, 5) is 25.6. The third-order valence-electron chi connectivity index (χ3n) is 7.87. The monoisotopic (exact) mass is 612 g/mol. The van der Waals surface area contributed by atoms with E-state index in [9.17, 15) is 9.18 Å². The predicted molar refractivity (Wildman–Crippen MR) is 172 cm³/mol. The normalized spacial score (nSPS) is 15.5. The lowest BCUT2D eigenvalue weighted by atomic mass is 10.00. The van der Waals surface area contributed by atoms with Gasteiger partial charge in [-0.1, -0.05) is 29.8 Å². The first-order valence-electron chi connectivity index (χ1n) is 14.6. The molecule has 1 amide bonds. The minimum absolute atomic E-state index is 0.0825. The number of ether oxygens (including phenoxy) is 1. The maximum absolute atomic E-state index is 14.3. The van der Waals surface area contributed by atoms with Gasteiger partial charge >= 0.3 is 6.09 Å². The zero-order chi connectivity index (χ0) is 30.8. The summed E-state index contributed by atoms with van der Waals surface area (Å²) in [5.41, 5.74) is 7.52. The van der Waals surface area contributed by atoms with E-state index >= 15 is 0 Å². The molecule has 8 nitrogen and oxygen atoms in total. The van der Waals surface area contributed by atoms with Crippen LogP contribution in [0.3, 0.4) is 0 Å². The average molecular weight is 613 g/mol. The van der Waals surface area contributed by atoms with Gasteiger partial charge in [-0.25, -0.2) is 14.2 Å². The molecule has 0 saturated carbocycles. The minimum Gasteiger partial charge on any atom is -0.447 e. The highest BCUT2D eigenvalue weighted by molar-refractivity contribution is 6.31. The molecule has 44 heavy (non-hydrogen) atoms. The number of halogens is 2. The summed E-state index contributed by atoms with van der Waals surface area (Å²) in [5.74, 6) is 0.576. The number of cyclic esters (lactones) is 1. The van der Waals surface area contributed by atoms with Crippen LogP contribution >= 0.6 is 11.6 Å². The van der Waals surface area contributed by atoms with Gasteiger partial charge in [-0.3, -0.25) is 9.56 Å². The molecule has 7 rings (SSSR count). The minimum atomic E-state index is -0.311. The van der Waals surface area contributed by atoms with Crippen LogP contribution in [0.25, 0.3) is 16.6 Å². The van der Waals surface area contributed by atoms with Gasteiger partial charge in [0.1, 0.15) is 18.2 Å². The van der Waals surface area contributed by atoms with Gasteiger partial charge in [0.15, 0.2) is 0 Å². The standard InChI is InChI=1S/C18H13ClFN3.C16H21N3O2/c1-11-21-9-13-10-22-18(14-4-2-3-5-16(14)20)15-8-12(19)6-7-17(15)23(11)13;1-19(2)6-5-12-9-17-15-4-3-11(8-14(12)15)7-13-10-21-16(20)18-13/h2-9H,10H2,1H3;3-4,8-9,13,17H,5-7,10H2,1-2H3,(H,18,20)/t;13-/m.0/s1. The molecule has 226 valence electrons. The Kier molecular flexibility index (Phi) is 8.50. The first-order valence-corrected chi connectivity index (χ1v) is 14.9. The number of likely N-dealkylation sites (N-methyl/N-ethyl adjacent to an activating group) is 1. The fourth-order valence-electron chi connectivity index (χ4n) is 5.68. The second-order valence-electron chi connectivity index (χ2n) is 11.3. The highest BCUT2D eigenvalue weighted by Gasteiger charge is 2.23. The highest BCUT2D eigenvalue weighted by Crippen LogP contribution is 2.29. The summed E-state index contributed by atoms with van der Waals surface area (Å²) in [6, 6.07) is 18.8. The molecule has 1 atom stereocenters. The summed E-state index contributed by atoms with van der Waals surface area (Å²) in [7, 11) is 4.17. The number of hydrogen-bond donors (Lipinski definition) is 2. The number of amides is 1. The Bertz CT molecular complexity index is 1860. The number of H-pyrrole nitrogens is 1. The Morgan fingerprint density at radius 2 is 1.95 bits per heavy atom. The topological polar surface area (TPSA) is 87.5 Å². The molecule has 4 heterocycles. The Hall–Kier alpha value is -4.47. The van der Waals surface area contributed by atoms with Crippen molar-refractivity contribution in [3.8, 4) is 5.69 Å². The van der Waals surface area contributed by atoms with E-state index in [1.165, 1.54) is 28.1 Å². The molecule has 0 unspecified atom stereocenters. The number of nitrogens with zero attached hydrogens (tertiary/aromatic N) is 4. The Labute approximate surface area is 260 Å². The third-order valence-corrected chi connectivity index (χ3v) is 8.11. The molecule has 2 N–H and O–H groups in total. The molecule has 2 aromatic heterocycles. The number of benzene rings is 3. The molecule has 10 heteroatoms. The van der Waals surface area contributed by atoms with Crippen molar-refractivity contribution >= 4 is 34.3 Å². The fourth-order valence-corrected chi connectivity index (χ4v) is 5.85. The number of aromatic amines is 1. The van der Waals surface area contributed by atoms with Gasteiger partial charge in [0, 0.05) is 39.8 Å². The number of carbonyl (C=O) groups is 1. The van der Waals surface area contributed by atoms with Crippen molar-refractivity contribution in [3.63, 3.8) is 0 Å². The number of alkyl carbamates (subject to hydrolysis) is 1. The van der Waals surface area contributed by atoms with Crippen molar-refractivity contribution in [2.24, 2.45) is 4.99 Å². The number of imidazole rings is 1. The smallest absolute Gasteiger partial charge is 0.407 e. The maximum atomic E-state index is 14.3. The van der Waals surface area contributed by atoms with Gasteiger partial charge in [0.2, 0.25) is 0 Å². The van der Waals surface area contributed by atoms with E-state index in [1.54, 1.807) is 12.1 Å². The Morgan fingerprint density at radius 3 is 2.73 bits per heavy atom. The largest absolute Gasteiger partial charge is 0.447 e. The summed E-state index contributed by atoms with van der Waals surface area (Å²) >= 11 is 6.19. The SMILES string of the molecule is CN(C)CCc1c[nH]c2ccc(C[C@H]3COC(=O)N3)cc12.Cc1ncc2n1-c1ccc(Cl)cc1C(c1ccccc1F)=NC2. The number of hydrogen-bond acceptors (Lipinski definition) is 5. The molecule has 0 spiro atoms. The molecule has 0 bridgehead atoms. The molecule has 2 aliphatic rings. The number of aryl methyl sites for hydroxylation is 1. The molecule has 0 radical (unpaired) electrons. The lowest BCUT2D eigenvalue weighted by Gasteiger charge is -2.14. The van der Waals surface area contributed by atoms with E-state index in [4.69, 9.17) is 16.3 Å². The first-order chi connectivity index (χ1) is 21.3. The van der Waals surface area contributed by atoms with Crippen LogP contribution in [-0.2, 0) is 24.1 Å². The summed E-state index contributed by atoms with van der Waals surface area (Å²) in [6.45, 7) is 3.87. The van der Waals surface area contributed by atoms with Crippen molar-refractivity contribution in [2.75, 3.05) is 27.2 Å². The van der Waals surface area contributed by atoms with Crippen molar-refractivity contribution in [3.05, 3.63) is 118 Å². The molecule has 0 aliphatic carbocycles. The Balaban J connectivity index is 0.000000157. The van der Waals surface area contributed by atoms with Crippen LogP contribution in [-0.4, -0.2) is 64.5 Å².